The minimum atomic E-state index is -4.41. The normalized spacial score (nSPS) is 19.9. The molecule has 0 unspecified atom stereocenters. The van der Waals surface area contributed by atoms with Crippen molar-refractivity contribution in [2.75, 3.05) is 6.54 Å². The highest BCUT2D eigenvalue weighted by Gasteiger charge is 2.41. The van der Waals surface area contributed by atoms with Crippen molar-refractivity contribution in [1.29, 1.82) is 5.26 Å². The number of aromatic nitrogens is 4. The molecule has 2 aliphatic heterocycles. The minimum Gasteiger partial charge on any atom is -0.331 e. The topological polar surface area (TPSA) is 100 Å². The van der Waals surface area contributed by atoms with Gasteiger partial charge in [-0.25, -0.2) is 0 Å². The number of carbonyl (C=O) groups is 2. The fraction of sp³-hybridized carbons (Fsp3) is 0.423. The maximum Gasteiger partial charge on any atom is 0.408 e. The van der Waals surface area contributed by atoms with Crippen molar-refractivity contribution in [2.45, 2.75) is 64.6 Å². The predicted octanol–water partition coefficient (Wildman–Crippen LogP) is 4.53. The Morgan fingerprint density at radius 3 is 2.67 bits per heavy atom. The summed E-state index contributed by atoms with van der Waals surface area (Å²) >= 11 is 6.03. The molecule has 2 amide bonds. The molecule has 2 aliphatic rings. The minimum absolute atomic E-state index is 0.149. The van der Waals surface area contributed by atoms with Gasteiger partial charge < -0.3 is 9.80 Å². The van der Waals surface area contributed by atoms with Gasteiger partial charge in [-0.3, -0.25) is 19.0 Å². The summed E-state index contributed by atoms with van der Waals surface area (Å²) in [6.07, 6.45) is -2.71. The van der Waals surface area contributed by atoms with Gasteiger partial charge in [-0.2, -0.15) is 28.6 Å². The Hall–Kier alpha value is -3.85. The van der Waals surface area contributed by atoms with Crippen molar-refractivity contribution in [3.05, 3.63) is 69.3 Å². The molecule has 0 spiro atoms. The maximum absolute atomic E-state index is 13.8. The zero-order valence-corrected chi connectivity index (χ0v) is 22.2. The summed E-state index contributed by atoms with van der Waals surface area (Å²) in [5, 5.41) is 18.3. The number of carbonyl (C=O) groups excluding carboxylic acids is 2. The molecule has 3 aromatic rings. The summed E-state index contributed by atoms with van der Waals surface area (Å²) in [4.78, 5) is 30.5. The highest BCUT2D eigenvalue weighted by atomic mass is 35.5. The molecule has 0 N–H and O–H groups in total. The van der Waals surface area contributed by atoms with E-state index in [-0.39, 0.29) is 41.0 Å². The van der Waals surface area contributed by atoms with E-state index in [4.69, 9.17) is 16.7 Å². The highest BCUT2D eigenvalue weighted by Crippen LogP contribution is 2.35. The van der Waals surface area contributed by atoms with E-state index in [1.54, 1.807) is 27.5 Å². The van der Waals surface area contributed by atoms with Crippen molar-refractivity contribution in [2.24, 2.45) is 0 Å². The number of amides is 2. The first-order chi connectivity index (χ1) is 18.4. The summed E-state index contributed by atoms with van der Waals surface area (Å²) in [6, 6.07) is 7.01. The molecule has 5 rings (SSSR count). The number of alkyl halides is 3. The third-order valence-corrected chi connectivity index (χ3v) is 7.61. The molecule has 0 fully saturated rings. The third kappa shape index (κ3) is 4.87. The van der Waals surface area contributed by atoms with Crippen LogP contribution in [0.1, 0.15) is 76.2 Å². The number of hydrogen-bond acceptors (Lipinski definition) is 5. The lowest BCUT2D eigenvalue weighted by atomic mass is 9.96. The molecule has 2 aromatic heterocycles. The molecule has 0 bridgehead atoms. The standard InChI is InChI=1S/C26H25ClF3N7O2/c1-14-8-22-19(12-35(14)24(38)17-4-5-20(27)18(9-17)10-31)23-25(39)36(11-15(2)37(23)33-22)16(3)21-6-7-34(32-21)13-26(28,29)30/h4-7,9,14-16H,8,11-13H2,1-3H3/t14-,15-,16+/m1/s1. The SMILES string of the molecule is C[C@@H]1Cc2nn3c(c2CN1C(=O)c1ccc(Cl)c(C#N)c1)C(=O)N([C@@H](C)c1ccn(CC(F)(F)F)n1)C[C@H]3C. The van der Waals surface area contributed by atoms with Crippen LogP contribution >= 0.6 is 11.6 Å². The van der Waals surface area contributed by atoms with Crippen molar-refractivity contribution in [3.63, 3.8) is 0 Å². The van der Waals surface area contributed by atoms with Crippen molar-refractivity contribution >= 4 is 23.4 Å². The van der Waals surface area contributed by atoms with Gasteiger partial charge in [0.2, 0.25) is 0 Å². The Morgan fingerprint density at radius 1 is 1.23 bits per heavy atom. The fourth-order valence-electron chi connectivity index (χ4n) is 5.24. The molecule has 0 radical (unpaired) electrons. The van der Waals surface area contributed by atoms with Crippen LogP contribution in [0.15, 0.2) is 30.5 Å². The second kappa shape index (κ2) is 9.72. The van der Waals surface area contributed by atoms with Gasteiger partial charge >= 0.3 is 6.18 Å². The van der Waals surface area contributed by atoms with E-state index < -0.39 is 18.8 Å². The summed E-state index contributed by atoms with van der Waals surface area (Å²) in [5.74, 6) is -0.613. The van der Waals surface area contributed by atoms with Crippen LogP contribution in [0.5, 0.6) is 0 Å². The van der Waals surface area contributed by atoms with Gasteiger partial charge in [0, 0.05) is 36.3 Å². The zero-order chi connectivity index (χ0) is 28.2. The molecular formula is C26H25ClF3N7O2. The molecule has 13 heteroatoms. The largest absolute Gasteiger partial charge is 0.408 e. The fourth-order valence-corrected chi connectivity index (χ4v) is 5.40. The van der Waals surface area contributed by atoms with E-state index in [0.29, 0.717) is 35.5 Å². The Bertz CT molecular complexity index is 1510. The third-order valence-electron chi connectivity index (χ3n) is 7.28. The molecule has 0 saturated carbocycles. The average Bonchev–Trinajstić information content (AvgIpc) is 3.48. The number of nitriles is 1. The molecule has 0 saturated heterocycles. The second-order valence-corrected chi connectivity index (χ2v) is 10.5. The Balaban J connectivity index is 1.44. The predicted molar refractivity (Wildman–Crippen MR) is 134 cm³/mol. The molecule has 3 atom stereocenters. The van der Waals surface area contributed by atoms with E-state index in [1.165, 1.54) is 24.4 Å². The van der Waals surface area contributed by atoms with Crippen LogP contribution in [0, 0.1) is 11.3 Å². The quantitative estimate of drug-likeness (QED) is 0.467. The number of hydrogen-bond donors (Lipinski definition) is 0. The van der Waals surface area contributed by atoms with Crippen LogP contribution in [0.25, 0.3) is 0 Å². The Morgan fingerprint density at radius 2 is 1.97 bits per heavy atom. The van der Waals surface area contributed by atoms with Gasteiger partial charge in [0.1, 0.15) is 18.3 Å². The lowest BCUT2D eigenvalue weighted by Crippen LogP contribution is -2.45. The molecule has 4 heterocycles. The molecule has 0 aliphatic carbocycles. The van der Waals surface area contributed by atoms with Crippen LogP contribution in [0.4, 0.5) is 13.2 Å². The summed E-state index contributed by atoms with van der Waals surface area (Å²) < 4.78 is 40.9. The Kier molecular flexibility index (Phi) is 6.66. The summed E-state index contributed by atoms with van der Waals surface area (Å²) in [5.41, 5.74) is 2.61. The number of fused-ring (bicyclic) bond motifs is 3. The first kappa shape index (κ1) is 26.7. The zero-order valence-electron chi connectivity index (χ0n) is 21.4. The molecule has 9 nitrogen and oxygen atoms in total. The lowest BCUT2D eigenvalue weighted by molar-refractivity contribution is -0.142. The molecule has 204 valence electrons. The Labute approximate surface area is 227 Å². The first-order valence-corrected chi connectivity index (χ1v) is 12.8. The number of nitrogens with zero attached hydrogens (tertiary/aromatic N) is 7. The van der Waals surface area contributed by atoms with E-state index in [2.05, 4.69) is 5.10 Å². The number of halogens is 4. The van der Waals surface area contributed by atoms with Gasteiger partial charge in [0.25, 0.3) is 11.8 Å². The summed E-state index contributed by atoms with van der Waals surface area (Å²) in [7, 11) is 0. The van der Waals surface area contributed by atoms with Crippen LogP contribution in [-0.2, 0) is 19.5 Å². The smallest absolute Gasteiger partial charge is 0.331 e. The van der Waals surface area contributed by atoms with E-state index in [9.17, 15) is 28.0 Å². The lowest BCUT2D eigenvalue weighted by Gasteiger charge is -2.37. The second-order valence-electron chi connectivity index (χ2n) is 10.0. The van der Waals surface area contributed by atoms with Gasteiger partial charge in [-0.1, -0.05) is 11.6 Å². The number of benzene rings is 1. The van der Waals surface area contributed by atoms with Crippen molar-refractivity contribution < 1.29 is 22.8 Å². The monoisotopic (exact) mass is 559 g/mol. The van der Waals surface area contributed by atoms with Gasteiger partial charge in [-0.15, -0.1) is 0 Å². The average molecular weight is 560 g/mol. The van der Waals surface area contributed by atoms with Gasteiger partial charge in [0.15, 0.2) is 0 Å². The van der Waals surface area contributed by atoms with Crippen LogP contribution in [0.2, 0.25) is 5.02 Å². The molecule has 39 heavy (non-hydrogen) atoms. The van der Waals surface area contributed by atoms with Crippen LogP contribution < -0.4 is 0 Å². The molecule has 1 aromatic carbocycles. The van der Waals surface area contributed by atoms with Crippen LogP contribution in [0.3, 0.4) is 0 Å². The first-order valence-electron chi connectivity index (χ1n) is 12.4. The van der Waals surface area contributed by atoms with E-state index >= 15 is 0 Å². The van der Waals surface area contributed by atoms with Gasteiger partial charge in [0.05, 0.1) is 40.6 Å². The van der Waals surface area contributed by atoms with E-state index in [1.807, 2.05) is 19.9 Å². The maximum atomic E-state index is 13.8. The van der Waals surface area contributed by atoms with Crippen molar-refractivity contribution in [1.82, 2.24) is 29.4 Å². The van der Waals surface area contributed by atoms with Crippen molar-refractivity contribution in [3.8, 4) is 6.07 Å². The van der Waals surface area contributed by atoms with Crippen LogP contribution in [-0.4, -0.2) is 59.9 Å². The van der Waals surface area contributed by atoms with E-state index in [0.717, 1.165) is 10.4 Å². The molecular weight excluding hydrogens is 535 g/mol. The summed E-state index contributed by atoms with van der Waals surface area (Å²) in [6.45, 7) is 4.79. The van der Waals surface area contributed by atoms with Gasteiger partial charge in [-0.05, 0) is 45.0 Å². The number of rotatable bonds is 4. The highest BCUT2D eigenvalue weighted by molar-refractivity contribution is 6.31.